The summed E-state index contributed by atoms with van der Waals surface area (Å²) in [4.78, 5) is 13.4. The van der Waals surface area contributed by atoms with Gasteiger partial charge >= 0.3 is 5.97 Å². The maximum Gasteiger partial charge on any atom is 0.310 e. The van der Waals surface area contributed by atoms with E-state index >= 15 is 0 Å². The minimum absolute atomic E-state index is 0.530. The quantitative estimate of drug-likeness (QED) is 0.711. The zero-order valence-corrected chi connectivity index (χ0v) is 9.42. The molecule has 0 atom stereocenters. The summed E-state index contributed by atoms with van der Waals surface area (Å²) in [5, 5.41) is 9.25. The molecule has 0 aliphatic heterocycles. The molecule has 0 unspecified atom stereocenters. The van der Waals surface area contributed by atoms with E-state index in [1.165, 1.54) is 12.8 Å². The zero-order chi connectivity index (χ0) is 10.8. The first-order chi connectivity index (χ1) is 6.55. The van der Waals surface area contributed by atoms with Gasteiger partial charge in [-0.15, -0.1) is 0 Å². The predicted molar refractivity (Wildman–Crippen MR) is 56.3 cm³/mol. The molecule has 0 spiro atoms. The Balaban J connectivity index is 2.61. The van der Waals surface area contributed by atoms with Crippen molar-refractivity contribution in [3.05, 3.63) is 0 Å². The van der Waals surface area contributed by atoms with Crippen LogP contribution in [-0.4, -0.2) is 35.6 Å². The van der Waals surface area contributed by atoms with Gasteiger partial charge in [-0.05, 0) is 32.7 Å². The van der Waals surface area contributed by atoms with Gasteiger partial charge in [0.25, 0.3) is 0 Å². The molecule has 0 aromatic heterocycles. The molecule has 0 saturated heterocycles. The fraction of sp³-hybridized carbons (Fsp3) is 0.909. The minimum Gasteiger partial charge on any atom is -0.481 e. The van der Waals surface area contributed by atoms with Crippen LogP contribution in [0.5, 0.6) is 0 Å². The SMILES string of the molecule is CCC(CC)(CN(C)C1CC1)C(=O)O. The van der Waals surface area contributed by atoms with E-state index in [0.29, 0.717) is 12.6 Å². The van der Waals surface area contributed by atoms with Gasteiger partial charge in [0.2, 0.25) is 0 Å². The lowest BCUT2D eigenvalue weighted by Gasteiger charge is -2.31. The first-order valence-corrected chi connectivity index (χ1v) is 5.49. The van der Waals surface area contributed by atoms with Crippen molar-refractivity contribution in [1.82, 2.24) is 4.90 Å². The van der Waals surface area contributed by atoms with Crippen LogP contribution < -0.4 is 0 Å². The van der Waals surface area contributed by atoms with Crippen molar-refractivity contribution in [2.24, 2.45) is 5.41 Å². The molecule has 3 nitrogen and oxygen atoms in total. The van der Waals surface area contributed by atoms with Crippen molar-refractivity contribution >= 4 is 5.97 Å². The van der Waals surface area contributed by atoms with Crippen molar-refractivity contribution in [3.63, 3.8) is 0 Å². The second kappa shape index (κ2) is 4.30. The molecule has 1 saturated carbocycles. The van der Waals surface area contributed by atoms with E-state index in [1.54, 1.807) is 0 Å². The summed E-state index contributed by atoms with van der Waals surface area (Å²) >= 11 is 0. The molecule has 1 aliphatic carbocycles. The molecule has 1 N–H and O–H groups in total. The highest BCUT2D eigenvalue weighted by atomic mass is 16.4. The van der Waals surface area contributed by atoms with Crippen LogP contribution in [0.25, 0.3) is 0 Å². The molecule has 1 aliphatic rings. The third-order valence-electron chi connectivity index (χ3n) is 3.53. The average molecular weight is 199 g/mol. The molecule has 0 radical (unpaired) electrons. The number of rotatable bonds is 6. The first-order valence-electron chi connectivity index (χ1n) is 5.49. The summed E-state index contributed by atoms with van der Waals surface area (Å²) in [5.74, 6) is -0.644. The predicted octanol–water partition coefficient (Wildman–Crippen LogP) is 1.97. The van der Waals surface area contributed by atoms with Crippen LogP contribution in [0.3, 0.4) is 0 Å². The average Bonchev–Trinajstić information content (AvgIpc) is 2.96. The molecule has 14 heavy (non-hydrogen) atoms. The van der Waals surface area contributed by atoms with Gasteiger partial charge in [-0.3, -0.25) is 4.79 Å². The highest BCUT2D eigenvalue weighted by Gasteiger charge is 2.39. The molecular weight excluding hydrogens is 178 g/mol. The van der Waals surface area contributed by atoms with Crippen LogP contribution >= 0.6 is 0 Å². The maximum atomic E-state index is 11.2. The lowest BCUT2D eigenvalue weighted by atomic mass is 9.82. The van der Waals surface area contributed by atoms with Crippen LogP contribution in [-0.2, 0) is 4.79 Å². The fourth-order valence-corrected chi connectivity index (χ4v) is 1.97. The van der Waals surface area contributed by atoms with Gasteiger partial charge in [-0.25, -0.2) is 0 Å². The van der Waals surface area contributed by atoms with Gasteiger partial charge in [0.15, 0.2) is 0 Å². The molecule has 3 heteroatoms. The molecule has 0 bridgehead atoms. The van der Waals surface area contributed by atoms with Crippen molar-refractivity contribution in [2.75, 3.05) is 13.6 Å². The summed E-state index contributed by atoms with van der Waals surface area (Å²) in [6, 6.07) is 0.645. The summed E-state index contributed by atoms with van der Waals surface area (Å²) < 4.78 is 0. The number of carboxylic acids is 1. The molecule has 82 valence electrons. The van der Waals surface area contributed by atoms with Crippen molar-refractivity contribution in [2.45, 2.75) is 45.6 Å². The third kappa shape index (κ3) is 2.27. The normalized spacial score (nSPS) is 17.4. The topological polar surface area (TPSA) is 40.5 Å². The minimum atomic E-state index is -0.644. The number of carbonyl (C=O) groups is 1. The Morgan fingerprint density at radius 2 is 1.93 bits per heavy atom. The molecule has 0 amide bonds. The fourth-order valence-electron chi connectivity index (χ4n) is 1.97. The van der Waals surface area contributed by atoms with E-state index in [1.807, 2.05) is 20.9 Å². The van der Waals surface area contributed by atoms with Gasteiger partial charge in [0, 0.05) is 12.6 Å². The molecule has 0 heterocycles. The highest BCUT2D eigenvalue weighted by molar-refractivity contribution is 5.74. The number of hydrogen-bond acceptors (Lipinski definition) is 2. The molecule has 0 aromatic rings. The number of aliphatic carboxylic acids is 1. The number of nitrogens with zero attached hydrogens (tertiary/aromatic N) is 1. The van der Waals surface area contributed by atoms with Gasteiger partial charge < -0.3 is 10.0 Å². The van der Waals surface area contributed by atoms with Gasteiger partial charge in [-0.2, -0.15) is 0 Å². The zero-order valence-electron chi connectivity index (χ0n) is 9.42. The molecule has 1 fully saturated rings. The summed E-state index contributed by atoms with van der Waals surface area (Å²) in [7, 11) is 2.04. The van der Waals surface area contributed by atoms with Gasteiger partial charge in [0.05, 0.1) is 5.41 Å². The molecular formula is C11H21NO2. The smallest absolute Gasteiger partial charge is 0.310 e. The largest absolute Gasteiger partial charge is 0.481 e. The Bertz CT molecular complexity index is 207. The van der Waals surface area contributed by atoms with Crippen molar-refractivity contribution in [3.8, 4) is 0 Å². The van der Waals surface area contributed by atoms with E-state index in [4.69, 9.17) is 0 Å². The second-order valence-corrected chi connectivity index (χ2v) is 4.44. The molecule has 0 aromatic carbocycles. The van der Waals surface area contributed by atoms with E-state index in [2.05, 4.69) is 4.90 Å². The van der Waals surface area contributed by atoms with Gasteiger partial charge in [-0.1, -0.05) is 13.8 Å². The Morgan fingerprint density at radius 1 is 1.43 bits per heavy atom. The third-order valence-corrected chi connectivity index (χ3v) is 3.53. The Hall–Kier alpha value is -0.570. The Kier molecular flexibility index (Phi) is 3.53. The van der Waals surface area contributed by atoms with E-state index in [9.17, 15) is 9.90 Å². The monoisotopic (exact) mass is 199 g/mol. The van der Waals surface area contributed by atoms with E-state index in [0.717, 1.165) is 12.8 Å². The van der Waals surface area contributed by atoms with E-state index in [-0.39, 0.29) is 0 Å². The summed E-state index contributed by atoms with van der Waals surface area (Å²) in [6.45, 7) is 4.64. The lowest BCUT2D eigenvalue weighted by molar-refractivity contribution is -0.150. The highest BCUT2D eigenvalue weighted by Crippen LogP contribution is 2.33. The second-order valence-electron chi connectivity index (χ2n) is 4.44. The van der Waals surface area contributed by atoms with E-state index < -0.39 is 11.4 Å². The van der Waals surface area contributed by atoms with Crippen LogP contribution in [0.4, 0.5) is 0 Å². The van der Waals surface area contributed by atoms with Crippen molar-refractivity contribution < 1.29 is 9.90 Å². The number of hydrogen-bond donors (Lipinski definition) is 1. The van der Waals surface area contributed by atoms with Crippen LogP contribution in [0.15, 0.2) is 0 Å². The van der Waals surface area contributed by atoms with Crippen molar-refractivity contribution in [1.29, 1.82) is 0 Å². The van der Waals surface area contributed by atoms with Crippen LogP contribution in [0, 0.1) is 5.41 Å². The first kappa shape index (κ1) is 11.5. The maximum absolute atomic E-state index is 11.2. The number of carboxylic acid groups (broad SMARTS) is 1. The Labute approximate surface area is 86.1 Å². The van der Waals surface area contributed by atoms with Gasteiger partial charge in [0.1, 0.15) is 0 Å². The van der Waals surface area contributed by atoms with Crippen LogP contribution in [0.2, 0.25) is 0 Å². The standard InChI is InChI=1S/C11H21NO2/c1-4-11(5-2,10(13)14)8-12(3)9-6-7-9/h9H,4-8H2,1-3H3,(H,13,14). The van der Waals surface area contributed by atoms with Crippen LogP contribution in [0.1, 0.15) is 39.5 Å². The Morgan fingerprint density at radius 3 is 2.21 bits per heavy atom. The lowest BCUT2D eigenvalue weighted by Crippen LogP contribution is -2.41. The summed E-state index contributed by atoms with van der Waals surface area (Å²) in [5.41, 5.74) is -0.530. The summed E-state index contributed by atoms with van der Waals surface area (Å²) in [6.07, 6.45) is 3.91. The molecule has 1 rings (SSSR count).